The summed E-state index contributed by atoms with van der Waals surface area (Å²) in [6.07, 6.45) is 4.09. The topological polar surface area (TPSA) is 46.3 Å². The van der Waals surface area contributed by atoms with Gasteiger partial charge in [0.05, 0.1) is 28.1 Å². The van der Waals surface area contributed by atoms with Crippen molar-refractivity contribution in [2.24, 2.45) is 0 Å². The molecule has 9 aromatic rings. The lowest BCUT2D eigenvalue weighted by atomic mass is 10.0. The van der Waals surface area contributed by atoms with Crippen LogP contribution in [0.5, 0.6) is 0 Å². The summed E-state index contributed by atoms with van der Waals surface area (Å²) in [5.41, 5.74) is 14.1. The van der Waals surface area contributed by atoms with Gasteiger partial charge in [0.2, 0.25) is 0 Å². The second-order valence-electron chi connectivity index (χ2n) is 12.2. The van der Waals surface area contributed by atoms with Crippen molar-refractivity contribution in [3.05, 3.63) is 188 Å². The van der Waals surface area contributed by atoms with E-state index in [1.54, 1.807) is 0 Å². The molecule has 5 nitrogen and oxygen atoms in total. The second-order valence-corrected chi connectivity index (χ2v) is 12.2. The molecule has 0 aliphatic rings. The van der Waals surface area contributed by atoms with Gasteiger partial charge in [-0.15, -0.1) is 0 Å². The van der Waals surface area contributed by atoms with E-state index >= 15 is 0 Å². The number of aromatic nitrogens is 4. The number of hydrogen-bond acceptors (Lipinski definition) is 4. The quantitative estimate of drug-likeness (QED) is 0.174. The van der Waals surface area contributed by atoms with Crippen molar-refractivity contribution < 1.29 is 0 Å². The average Bonchev–Trinajstić information content (AvgIpc) is 3.64. The van der Waals surface area contributed by atoms with Gasteiger partial charge < -0.3 is 9.30 Å². The molecule has 3 aromatic heterocycles. The first kappa shape index (κ1) is 29.3. The van der Waals surface area contributed by atoms with Crippen molar-refractivity contribution in [2.75, 3.05) is 4.90 Å². The standard InChI is InChI=1S/C45H31N5/c1-3-11-35(12-4-1)44-45(48-41-16-8-7-15-40(41)47-44)36-24-28-39(29-25-36)50(37-13-5-2-6-14-37)38-26-22-33(23-27-38)32-18-20-34(21-19-32)42-31-49-30-10-9-17-43(49)46-42/h1-31H. The number of rotatable bonds is 7. The molecule has 236 valence electrons. The lowest BCUT2D eigenvalue weighted by Crippen LogP contribution is -2.09. The van der Waals surface area contributed by atoms with Crippen LogP contribution in [0.1, 0.15) is 0 Å². The Morgan fingerprint density at radius 3 is 1.42 bits per heavy atom. The maximum atomic E-state index is 5.10. The number of pyridine rings is 1. The number of fused-ring (bicyclic) bond motifs is 2. The molecule has 0 aliphatic heterocycles. The predicted molar refractivity (Wildman–Crippen MR) is 205 cm³/mol. The van der Waals surface area contributed by atoms with Gasteiger partial charge in [-0.3, -0.25) is 0 Å². The third-order valence-corrected chi connectivity index (χ3v) is 9.03. The Hall–Kier alpha value is -6.85. The summed E-state index contributed by atoms with van der Waals surface area (Å²) in [5, 5.41) is 0. The molecule has 0 bridgehead atoms. The largest absolute Gasteiger partial charge is 0.311 e. The Morgan fingerprint density at radius 2 is 0.820 bits per heavy atom. The van der Waals surface area contributed by atoms with E-state index in [0.29, 0.717) is 0 Å². The Morgan fingerprint density at radius 1 is 0.360 bits per heavy atom. The van der Waals surface area contributed by atoms with Crippen molar-refractivity contribution in [1.82, 2.24) is 19.4 Å². The molecule has 0 spiro atoms. The Kier molecular flexibility index (Phi) is 7.41. The Labute approximate surface area is 290 Å². The fourth-order valence-electron chi connectivity index (χ4n) is 6.50. The molecule has 0 saturated heterocycles. The first-order valence-corrected chi connectivity index (χ1v) is 16.7. The Balaban J connectivity index is 1.04. The van der Waals surface area contributed by atoms with Gasteiger partial charge in [-0.1, -0.05) is 115 Å². The van der Waals surface area contributed by atoms with Crippen LogP contribution in [0.3, 0.4) is 0 Å². The van der Waals surface area contributed by atoms with Crippen LogP contribution in [0.15, 0.2) is 188 Å². The molecule has 5 heteroatoms. The summed E-state index contributed by atoms with van der Waals surface area (Å²) >= 11 is 0. The maximum absolute atomic E-state index is 5.10. The highest BCUT2D eigenvalue weighted by molar-refractivity contribution is 5.87. The first-order chi connectivity index (χ1) is 24.8. The van der Waals surface area contributed by atoms with E-state index in [1.165, 1.54) is 0 Å². The van der Waals surface area contributed by atoms with Crippen LogP contribution in [0.4, 0.5) is 17.1 Å². The van der Waals surface area contributed by atoms with Gasteiger partial charge in [0.1, 0.15) is 5.65 Å². The molecule has 50 heavy (non-hydrogen) atoms. The lowest BCUT2D eigenvalue weighted by Gasteiger charge is -2.26. The molecule has 0 fully saturated rings. The first-order valence-electron chi connectivity index (χ1n) is 16.7. The summed E-state index contributed by atoms with van der Waals surface area (Å²) < 4.78 is 2.05. The van der Waals surface area contributed by atoms with Crippen LogP contribution in [0.25, 0.3) is 61.6 Å². The second kappa shape index (κ2) is 12.6. The molecule has 0 atom stereocenters. The smallest absolute Gasteiger partial charge is 0.137 e. The highest BCUT2D eigenvalue weighted by Gasteiger charge is 2.16. The average molecular weight is 642 g/mol. The fourth-order valence-corrected chi connectivity index (χ4v) is 6.50. The molecule has 0 radical (unpaired) electrons. The van der Waals surface area contributed by atoms with Gasteiger partial charge in [-0.25, -0.2) is 15.0 Å². The summed E-state index contributed by atoms with van der Waals surface area (Å²) in [6.45, 7) is 0. The van der Waals surface area contributed by atoms with Crippen molar-refractivity contribution >= 4 is 33.7 Å². The molecule has 3 heterocycles. The van der Waals surface area contributed by atoms with Crippen molar-refractivity contribution in [3.63, 3.8) is 0 Å². The zero-order valence-electron chi connectivity index (χ0n) is 27.1. The lowest BCUT2D eigenvalue weighted by molar-refractivity contribution is 1.19. The summed E-state index contributed by atoms with van der Waals surface area (Å²) in [5.74, 6) is 0. The third-order valence-electron chi connectivity index (χ3n) is 9.03. The molecule has 0 aliphatic carbocycles. The van der Waals surface area contributed by atoms with Crippen LogP contribution in [0.2, 0.25) is 0 Å². The SMILES string of the molecule is c1ccc(-c2nc3ccccc3nc2-c2ccc(N(c3ccccc3)c3ccc(-c4ccc(-c5cn6ccccc6n5)cc4)cc3)cc2)cc1. The zero-order chi connectivity index (χ0) is 33.3. The van der Waals surface area contributed by atoms with Gasteiger partial charge in [-0.2, -0.15) is 0 Å². The summed E-state index contributed by atoms with van der Waals surface area (Å²) in [7, 11) is 0. The van der Waals surface area contributed by atoms with Crippen LogP contribution in [-0.4, -0.2) is 19.4 Å². The molecule has 0 saturated carbocycles. The summed E-state index contributed by atoms with van der Waals surface area (Å²) in [6, 6.07) is 60.9. The van der Waals surface area contributed by atoms with Gasteiger partial charge >= 0.3 is 0 Å². The van der Waals surface area contributed by atoms with Crippen LogP contribution >= 0.6 is 0 Å². The molecule has 0 N–H and O–H groups in total. The highest BCUT2D eigenvalue weighted by Crippen LogP contribution is 2.38. The van der Waals surface area contributed by atoms with Crippen molar-refractivity contribution in [3.8, 4) is 44.9 Å². The molecule has 6 aromatic carbocycles. The maximum Gasteiger partial charge on any atom is 0.137 e. The molecular weight excluding hydrogens is 611 g/mol. The van der Waals surface area contributed by atoms with E-state index in [4.69, 9.17) is 15.0 Å². The van der Waals surface area contributed by atoms with Gasteiger partial charge in [-0.05, 0) is 71.8 Å². The minimum absolute atomic E-state index is 0.865. The number of nitrogens with zero attached hydrogens (tertiary/aromatic N) is 5. The number of benzene rings is 6. The number of para-hydroxylation sites is 3. The zero-order valence-corrected chi connectivity index (χ0v) is 27.1. The van der Waals surface area contributed by atoms with Crippen molar-refractivity contribution in [2.45, 2.75) is 0 Å². The molecular formula is C45H31N5. The number of hydrogen-bond donors (Lipinski definition) is 0. The normalized spacial score (nSPS) is 11.2. The minimum atomic E-state index is 0.865. The van der Waals surface area contributed by atoms with Crippen molar-refractivity contribution in [1.29, 1.82) is 0 Å². The van der Waals surface area contributed by atoms with Gasteiger partial charge in [0.25, 0.3) is 0 Å². The van der Waals surface area contributed by atoms with Crippen LogP contribution in [0, 0.1) is 0 Å². The van der Waals surface area contributed by atoms with E-state index in [0.717, 1.165) is 78.6 Å². The molecule has 0 unspecified atom stereocenters. The third kappa shape index (κ3) is 5.57. The molecule has 0 amide bonds. The minimum Gasteiger partial charge on any atom is -0.311 e. The monoisotopic (exact) mass is 641 g/mol. The highest BCUT2D eigenvalue weighted by atomic mass is 15.1. The van der Waals surface area contributed by atoms with E-state index in [9.17, 15) is 0 Å². The fraction of sp³-hybridized carbons (Fsp3) is 0. The van der Waals surface area contributed by atoms with Gasteiger partial charge in [0, 0.05) is 46.1 Å². The number of imidazole rings is 1. The van der Waals surface area contributed by atoms with E-state index < -0.39 is 0 Å². The Bertz CT molecular complexity index is 2530. The van der Waals surface area contributed by atoms with Crippen LogP contribution in [-0.2, 0) is 0 Å². The van der Waals surface area contributed by atoms with Gasteiger partial charge in [0.15, 0.2) is 0 Å². The molecule has 9 rings (SSSR count). The van der Waals surface area contributed by atoms with E-state index in [-0.39, 0.29) is 0 Å². The van der Waals surface area contributed by atoms with E-state index in [2.05, 4.69) is 120 Å². The summed E-state index contributed by atoms with van der Waals surface area (Å²) in [4.78, 5) is 17.2. The van der Waals surface area contributed by atoms with Crippen LogP contribution < -0.4 is 4.90 Å². The van der Waals surface area contributed by atoms with E-state index in [1.807, 2.05) is 77.3 Å². The predicted octanol–water partition coefficient (Wildman–Crippen LogP) is 11.4. The number of anilines is 3.